The number of benzene rings is 5. The fraction of sp³-hybridized carbons (Fsp3) is 0. The Morgan fingerprint density at radius 1 is 0.585 bits per heavy atom. The number of thiophene rings is 1. The summed E-state index contributed by atoms with van der Waals surface area (Å²) in [6.07, 6.45) is 3.90. The van der Waals surface area contributed by atoms with E-state index < -0.39 is 0 Å². The van der Waals surface area contributed by atoms with Crippen molar-refractivity contribution in [2.45, 2.75) is 0 Å². The number of hydrogen-bond acceptors (Lipinski definition) is 4. The minimum Gasteiger partial charge on any atom is -0.311 e. The smallest absolute Gasteiger partial charge is 0.166 e. The molecule has 0 atom stereocenters. The normalized spacial score (nSPS) is 11.4. The van der Waals surface area contributed by atoms with Crippen molar-refractivity contribution >= 4 is 59.7 Å². The van der Waals surface area contributed by atoms with Crippen LogP contribution in [0.15, 0.2) is 146 Å². The molecular weight excluding hydrogens is 520 g/mol. The van der Waals surface area contributed by atoms with Crippen LogP contribution in [0.2, 0.25) is 0 Å². The molecule has 0 aliphatic heterocycles. The van der Waals surface area contributed by atoms with Gasteiger partial charge in [0.15, 0.2) is 5.82 Å². The SMILES string of the molecule is c1ccc(N(c2ccccc2)c2ncnc3c(-c4ccc5c(c4)sc4ccccc45)cn(-c4ccccc4)c23)cc1. The molecule has 0 amide bonds. The molecule has 0 N–H and O–H groups in total. The third kappa shape index (κ3) is 3.98. The van der Waals surface area contributed by atoms with Gasteiger partial charge >= 0.3 is 0 Å². The van der Waals surface area contributed by atoms with E-state index in [9.17, 15) is 0 Å². The molecule has 8 rings (SSSR count). The topological polar surface area (TPSA) is 34.0 Å². The van der Waals surface area contributed by atoms with Gasteiger partial charge in [-0.3, -0.25) is 4.90 Å². The fourth-order valence-electron chi connectivity index (χ4n) is 5.65. The van der Waals surface area contributed by atoms with Crippen molar-refractivity contribution in [1.82, 2.24) is 14.5 Å². The van der Waals surface area contributed by atoms with Crippen molar-refractivity contribution in [3.05, 3.63) is 146 Å². The highest BCUT2D eigenvalue weighted by Gasteiger charge is 2.23. The summed E-state index contributed by atoms with van der Waals surface area (Å²) < 4.78 is 4.81. The Labute approximate surface area is 241 Å². The van der Waals surface area contributed by atoms with E-state index in [0.29, 0.717) is 0 Å². The number of hydrogen-bond donors (Lipinski definition) is 0. The lowest BCUT2D eigenvalue weighted by Crippen LogP contribution is -2.13. The third-order valence-electron chi connectivity index (χ3n) is 7.52. The first kappa shape index (κ1) is 23.6. The summed E-state index contributed by atoms with van der Waals surface area (Å²) in [7, 11) is 0. The number of para-hydroxylation sites is 3. The first-order valence-electron chi connectivity index (χ1n) is 13.6. The molecule has 5 heteroatoms. The van der Waals surface area contributed by atoms with Gasteiger partial charge in [0.25, 0.3) is 0 Å². The van der Waals surface area contributed by atoms with E-state index in [0.717, 1.165) is 45.0 Å². The molecule has 0 spiro atoms. The average molecular weight is 545 g/mol. The van der Waals surface area contributed by atoms with E-state index in [-0.39, 0.29) is 0 Å². The van der Waals surface area contributed by atoms with Crippen LogP contribution in [-0.2, 0) is 0 Å². The Hall–Kier alpha value is -5.26. The minimum absolute atomic E-state index is 0.824. The Kier molecular flexibility index (Phi) is 5.61. The van der Waals surface area contributed by atoms with E-state index in [1.807, 2.05) is 29.5 Å². The lowest BCUT2D eigenvalue weighted by atomic mass is 10.1. The molecule has 0 aliphatic rings. The molecule has 0 aliphatic carbocycles. The number of rotatable bonds is 5. The zero-order valence-corrected chi connectivity index (χ0v) is 22.9. The largest absolute Gasteiger partial charge is 0.311 e. The number of nitrogens with zero attached hydrogens (tertiary/aromatic N) is 4. The van der Waals surface area contributed by atoms with E-state index >= 15 is 0 Å². The molecule has 3 heterocycles. The maximum absolute atomic E-state index is 4.93. The van der Waals surface area contributed by atoms with Crippen molar-refractivity contribution in [2.24, 2.45) is 0 Å². The van der Waals surface area contributed by atoms with Crippen molar-refractivity contribution < 1.29 is 0 Å². The molecular formula is C36H24N4S. The maximum Gasteiger partial charge on any atom is 0.166 e. The molecule has 3 aromatic heterocycles. The van der Waals surface area contributed by atoms with Crippen LogP contribution in [0.5, 0.6) is 0 Å². The molecule has 8 aromatic rings. The Bertz CT molecular complexity index is 2110. The van der Waals surface area contributed by atoms with Crippen LogP contribution < -0.4 is 4.90 Å². The molecule has 194 valence electrons. The van der Waals surface area contributed by atoms with Gasteiger partial charge < -0.3 is 4.57 Å². The minimum atomic E-state index is 0.824. The Morgan fingerprint density at radius 3 is 1.95 bits per heavy atom. The van der Waals surface area contributed by atoms with Gasteiger partial charge in [-0.2, -0.15) is 0 Å². The van der Waals surface area contributed by atoms with Crippen LogP contribution in [0.3, 0.4) is 0 Å². The highest BCUT2D eigenvalue weighted by Crippen LogP contribution is 2.42. The fourth-order valence-corrected chi connectivity index (χ4v) is 6.80. The molecule has 0 bridgehead atoms. The summed E-state index contributed by atoms with van der Waals surface area (Å²) in [4.78, 5) is 12.0. The molecule has 5 aromatic carbocycles. The van der Waals surface area contributed by atoms with Gasteiger partial charge in [0, 0.05) is 49.0 Å². The van der Waals surface area contributed by atoms with Gasteiger partial charge in [0.1, 0.15) is 17.4 Å². The number of aromatic nitrogens is 3. The average Bonchev–Trinajstić information content (AvgIpc) is 3.62. The van der Waals surface area contributed by atoms with Crippen LogP contribution in [0, 0.1) is 0 Å². The molecule has 4 nitrogen and oxygen atoms in total. The van der Waals surface area contributed by atoms with Crippen LogP contribution in [0.4, 0.5) is 17.2 Å². The van der Waals surface area contributed by atoms with E-state index in [1.165, 1.54) is 20.2 Å². The van der Waals surface area contributed by atoms with Crippen LogP contribution in [0.25, 0.3) is 48.0 Å². The monoisotopic (exact) mass is 544 g/mol. The molecule has 41 heavy (non-hydrogen) atoms. The summed E-state index contributed by atoms with van der Waals surface area (Å²) in [6.45, 7) is 0. The van der Waals surface area contributed by atoms with Gasteiger partial charge in [-0.05, 0) is 54.1 Å². The lowest BCUT2D eigenvalue weighted by Gasteiger charge is -2.25. The Balaban J connectivity index is 1.41. The second-order valence-corrected chi connectivity index (χ2v) is 11.0. The predicted octanol–water partition coefficient (Wildman–Crippen LogP) is 9.93. The number of fused-ring (bicyclic) bond motifs is 4. The van der Waals surface area contributed by atoms with Gasteiger partial charge in [-0.25, -0.2) is 9.97 Å². The number of anilines is 3. The maximum atomic E-state index is 4.93. The van der Waals surface area contributed by atoms with Crippen molar-refractivity contribution in [1.29, 1.82) is 0 Å². The van der Waals surface area contributed by atoms with Crippen LogP contribution in [-0.4, -0.2) is 14.5 Å². The standard InChI is InChI=1S/C36H24N4S/c1-4-12-26(13-5-1)39-23-31(25-20-21-30-29-18-10-11-19-32(29)41-33(30)22-25)34-35(39)36(38-24-37-34)40(27-14-6-2-7-15-27)28-16-8-3-9-17-28/h1-24H. The van der Waals surface area contributed by atoms with E-state index in [1.54, 1.807) is 6.33 Å². The van der Waals surface area contributed by atoms with E-state index in [4.69, 9.17) is 9.97 Å². The Morgan fingerprint density at radius 2 is 1.22 bits per heavy atom. The van der Waals surface area contributed by atoms with Gasteiger partial charge in [-0.15, -0.1) is 11.3 Å². The van der Waals surface area contributed by atoms with Gasteiger partial charge in [0.05, 0.1) is 0 Å². The third-order valence-corrected chi connectivity index (χ3v) is 8.66. The zero-order chi connectivity index (χ0) is 27.2. The molecule has 0 saturated carbocycles. The summed E-state index contributed by atoms with van der Waals surface area (Å²) in [6, 6.07) is 46.6. The van der Waals surface area contributed by atoms with E-state index in [2.05, 4.69) is 131 Å². The molecule has 0 unspecified atom stereocenters. The van der Waals surface area contributed by atoms with Crippen molar-refractivity contribution in [2.75, 3.05) is 4.90 Å². The summed E-state index contributed by atoms with van der Waals surface area (Å²) in [5.41, 5.74) is 7.21. The molecule has 0 radical (unpaired) electrons. The molecule has 0 saturated heterocycles. The zero-order valence-electron chi connectivity index (χ0n) is 22.1. The van der Waals surface area contributed by atoms with Crippen molar-refractivity contribution in [3.63, 3.8) is 0 Å². The van der Waals surface area contributed by atoms with Gasteiger partial charge in [0.2, 0.25) is 0 Å². The second kappa shape index (κ2) is 9.73. The summed E-state index contributed by atoms with van der Waals surface area (Å²) >= 11 is 1.83. The highest BCUT2D eigenvalue weighted by molar-refractivity contribution is 7.25. The molecule has 0 fully saturated rings. The summed E-state index contributed by atoms with van der Waals surface area (Å²) in [5.74, 6) is 0.824. The first-order valence-corrected chi connectivity index (χ1v) is 14.4. The highest BCUT2D eigenvalue weighted by atomic mass is 32.1. The van der Waals surface area contributed by atoms with Gasteiger partial charge in [-0.1, -0.05) is 84.9 Å². The first-order chi connectivity index (χ1) is 20.3. The van der Waals surface area contributed by atoms with Crippen LogP contribution >= 0.6 is 11.3 Å². The second-order valence-electron chi connectivity index (χ2n) is 9.96. The van der Waals surface area contributed by atoms with Crippen LogP contribution in [0.1, 0.15) is 0 Å². The predicted molar refractivity (Wildman–Crippen MR) is 172 cm³/mol. The summed E-state index contributed by atoms with van der Waals surface area (Å²) in [5, 5.41) is 2.59. The van der Waals surface area contributed by atoms with Crippen molar-refractivity contribution in [3.8, 4) is 16.8 Å². The lowest BCUT2D eigenvalue weighted by molar-refractivity contribution is 1.08. The quantitative estimate of drug-likeness (QED) is 0.216.